The lowest BCUT2D eigenvalue weighted by atomic mass is 10.6. The van der Waals surface area contributed by atoms with Gasteiger partial charge in [0.1, 0.15) is 12.3 Å². The van der Waals surface area contributed by atoms with Crippen molar-refractivity contribution < 1.29 is 0 Å². The molecule has 0 aliphatic carbocycles. The van der Waals surface area contributed by atoms with Gasteiger partial charge in [0, 0.05) is 0 Å². The van der Waals surface area contributed by atoms with Crippen molar-refractivity contribution in [3.8, 4) is 6.07 Å². The smallest absolute Gasteiger partial charge is 0.167 e. The maximum Gasteiger partial charge on any atom is 0.167 e. The number of nitrogens with zero attached hydrogens (tertiary/aromatic N) is 2. The Morgan fingerprint density at radius 3 is 3.14 bits per heavy atom. The Morgan fingerprint density at radius 1 is 2.00 bits per heavy atom. The van der Waals surface area contributed by atoms with Crippen molar-refractivity contribution in [2.45, 2.75) is 0 Å². The van der Waals surface area contributed by atoms with Crippen LogP contribution in [0.2, 0.25) is 0 Å². The van der Waals surface area contributed by atoms with E-state index in [1.54, 1.807) is 0 Å². The van der Waals surface area contributed by atoms with Gasteiger partial charge in [0.05, 0.1) is 6.33 Å². The zero-order chi connectivity index (χ0) is 5.11. The Hall–Kier alpha value is -1.30. The Labute approximate surface area is 40.6 Å². The van der Waals surface area contributed by atoms with E-state index in [0.29, 0.717) is 5.69 Å². The Bertz CT molecular complexity index is 169. The summed E-state index contributed by atoms with van der Waals surface area (Å²) in [5.74, 6) is 0. The van der Waals surface area contributed by atoms with Crippen LogP contribution in [0.25, 0.3) is 0 Å². The minimum Gasteiger partial charge on any atom is -0.342 e. The Kier molecular flexibility index (Phi) is 0.794. The molecule has 0 saturated carbocycles. The van der Waals surface area contributed by atoms with Crippen molar-refractivity contribution in [3.05, 3.63) is 18.2 Å². The van der Waals surface area contributed by atoms with Crippen LogP contribution < -0.4 is 0 Å². The first-order valence-electron chi connectivity index (χ1n) is 1.74. The number of H-pyrrole nitrogens is 1. The highest BCUT2D eigenvalue weighted by Gasteiger charge is 1.84. The lowest BCUT2D eigenvalue weighted by Gasteiger charge is -1.60. The molecular weight excluding hydrogens is 90.1 g/mol. The molecule has 0 bridgehead atoms. The minimum absolute atomic E-state index is 0.306. The van der Waals surface area contributed by atoms with Crippen LogP contribution in [0.1, 0.15) is 5.69 Å². The number of imidazole rings is 1. The minimum atomic E-state index is 0.306. The van der Waals surface area contributed by atoms with Crippen molar-refractivity contribution in [2.24, 2.45) is 0 Å². The fourth-order valence-electron chi connectivity index (χ4n) is 0.287. The predicted molar refractivity (Wildman–Crippen MR) is 22.1 cm³/mol. The van der Waals surface area contributed by atoms with Crippen LogP contribution in [0.4, 0.5) is 0 Å². The number of nitrogens with one attached hydrogen (secondary N) is 1. The number of nitriles is 1. The quantitative estimate of drug-likeness (QED) is 0.492. The second-order valence-electron chi connectivity index (χ2n) is 0.988. The van der Waals surface area contributed by atoms with E-state index in [9.17, 15) is 0 Å². The van der Waals surface area contributed by atoms with E-state index in [1.807, 2.05) is 6.07 Å². The molecule has 0 saturated heterocycles. The van der Waals surface area contributed by atoms with E-state index in [2.05, 4.69) is 16.2 Å². The van der Waals surface area contributed by atoms with E-state index in [1.165, 1.54) is 6.33 Å². The summed E-state index contributed by atoms with van der Waals surface area (Å²) in [6.45, 7) is 0. The van der Waals surface area contributed by atoms with E-state index in [4.69, 9.17) is 5.26 Å². The van der Waals surface area contributed by atoms with Gasteiger partial charge in [-0.2, -0.15) is 5.26 Å². The summed E-state index contributed by atoms with van der Waals surface area (Å²) in [5, 5.41) is 8.06. The van der Waals surface area contributed by atoms with Crippen LogP contribution in [0.5, 0.6) is 0 Å². The number of rotatable bonds is 0. The molecule has 0 spiro atoms. The van der Waals surface area contributed by atoms with Crippen LogP contribution in [-0.4, -0.2) is 9.97 Å². The molecule has 0 fully saturated rings. The third-order valence-electron chi connectivity index (χ3n) is 0.555. The molecule has 0 aliphatic rings. The van der Waals surface area contributed by atoms with E-state index >= 15 is 0 Å². The van der Waals surface area contributed by atoms with E-state index in [-0.39, 0.29) is 0 Å². The van der Waals surface area contributed by atoms with Gasteiger partial charge in [-0.25, -0.2) is 4.98 Å². The molecule has 1 rings (SSSR count). The van der Waals surface area contributed by atoms with Crippen molar-refractivity contribution in [2.75, 3.05) is 0 Å². The van der Waals surface area contributed by atoms with Crippen LogP contribution in [0.15, 0.2) is 6.33 Å². The molecule has 0 unspecified atom stereocenters. The second kappa shape index (κ2) is 1.43. The third-order valence-corrected chi connectivity index (χ3v) is 0.555. The molecule has 1 radical (unpaired) electrons. The lowest BCUT2D eigenvalue weighted by Crippen LogP contribution is -1.65. The molecule has 0 amide bonds. The summed E-state index contributed by atoms with van der Waals surface area (Å²) in [6.07, 6.45) is 3.90. The van der Waals surface area contributed by atoms with Gasteiger partial charge in [0.2, 0.25) is 0 Å². The molecule has 0 aliphatic heterocycles. The molecule has 1 aromatic heterocycles. The summed E-state index contributed by atoms with van der Waals surface area (Å²) in [4.78, 5) is 6.08. The van der Waals surface area contributed by atoms with Crippen molar-refractivity contribution in [1.29, 1.82) is 5.26 Å². The van der Waals surface area contributed by atoms with Gasteiger partial charge in [0.25, 0.3) is 0 Å². The van der Waals surface area contributed by atoms with Gasteiger partial charge in [0.15, 0.2) is 5.69 Å². The van der Waals surface area contributed by atoms with Crippen LogP contribution in [-0.2, 0) is 0 Å². The SMILES string of the molecule is N#Cc1[c][nH]cn1. The fraction of sp³-hybridized carbons (Fsp3) is 0. The van der Waals surface area contributed by atoms with Crippen molar-refractivity contribution >= 4 is 0 Å². The maximum absolute atomic E-state index is 8.06. The molecule has 7 heavy (non-hydrogen) atoms. The number of aromatic amines is 1. The zero-order valence-corrected chi connectivity index (χ0v) is 3.47. The van der Waals surface area contributed by atoms with Gasteiger partial charge in [-0.3, -0.25) is 0 Å². The Morgan fingerprint density at radius 2 is 2.86 bits per heavy atom. The summed E-state index contributed by atoms with van der Waals surface area (Å²) < 4.78 is 0. The summed E-state index contributed by atoms with van der Waals surface area (Å²) >= 11 is 0. The van der Waals surface area contributed by atoms with Gasteiger partial charge < -0.3 is 4.98 Å². The van der Waals surface area contributed by atoms with Crippen LogP contribution in [0.3, 0.4) is 0 Å². The average molecular weight is 92.1 g/mol. The van der Waals surface area contributed by atoms with Crippen molar-refractivity contribution in [3.63, 3.8) is 0 Å². The van der Waals surface area contributed by atoms with Gasteiger partial charge in [-0.1, -0.05) is 0 Å². The molecular formula is C4H2N3. The molecule has 0 aromatic carbocycles. The standard InChI is InChI=1S/C4H2N3/c5-1-4-2-6-3-7-4/h3H,(H,6,7). The highest BCUT2D eigenvalue weighted by molar-refractivity contribution is 5.12. The summed E-state index contributed by atoms with van der Waals surface area (Å²) in [7, 11) is 0. The Balaban J connectivity index is 3.04. The largest absolute Gasteiger partial charge is 0.342 e. The number of aromatic nitrogens is 2. The summed E-state index contributed by atoms with van der Waals surface area (Å²) in [6, 6.07) is 1.81. The first-order valence-corrected chi connectivity index (χ1v) is 1.74. The maximum atomic E-state index is 8.06. The third kappa shape index (κ3) is 0.578. The first-order chi connectivity index (χ1) is 3.43. The van der Waals surface area contributed by atoms with Gasteiger partial charge in [-0.05, 0) is 0 Å². The van der Waals surface area contributed by atoms with Gasteiger partial charge >= 0.3 is 0 Å². The highest BCUT2D eigenvalue weighted by Crippen LogP contribution is 1.81. The fourth-order valence-corrected chi connectivity index (χ4v) is 0.287. The van der Waals surface area contributed by atoms with Gasteiger partial charge in [-0.15, -0.1) is 0 Å². The molecule has 3 nitrogen and oxygen atoms in total. The zero-order valence-electron chi connectivity index (χ0n) is 3.47. The molecule has 1 N–H and O–H groups in total. The predicted octanol–water partition coefficient (Wildman–Crippen LogP) is 0.0816. The van der Waals surface area contributed by atoms with Crippen molar-refractivity contribution in [1.82, 2.24) is 9.97 Å². The second-order valence-corrected chi connectivity index (χ2v) is 0.988. The number of hydrogen-bond acceptors (Lipinski definition) is 2. The topological polar surface area (TPSA) is 52.5 Å². The highest BCUT2D eigenvalue weighted by atomic mass is 14.9. The molecule has 0 atom stereocenters. The van der Waals surface area contributed by atoms with E-state index in [0.717, 1.165) is 0 Å². The molecule has 3 heteroatoms. The molecule has 33 valence electrons. The first kappa shape index (κ1) is 3.88. The van der Waals surface area contributed by atoms with Crippen LogP contribution >= 0.6 is 0 Å². The molecule has 1 aromatic rings. The average Bonchev–Trinajstić information content (AvgIpc) is 2.14. The molecule has 1 heterocycles. The van der Waals surface area contributed by atoms with E-state index < -0.39 is 0 Å². The van der Waals surface area contributed by atoms with Crippen LogP contribution in [0, 0.1) is 17.5 Å². The lowest BCUT2D eigenvalue weighted by molar-refractivity contribution is 1.29. The summed E-state index contributed by atoms with van der Waals surface area (Å²) in [5.41, 5.74) is 0.306. The number of hydrogen-bond donors (Lipinski definition) is 1. The normalized spacial score (nSPS) is 7.86. The monoisotopic (exact) mass is 92.0 g/mol.